The number of aryl methyl sites for hydroxylation is 1. The summed E-state index contributed by atoms with van der Waals surface area (Å²) >= 11 is 4.45. The number of nitrogens with zero attached hydrogens (tertiary/aromatic N) is 3. The highest BCUT2D eigenvalue weighted by Crippen LogP contribution is 2.35. The minimum atomic E-state index is -0.335. The number of nitrogens with one attached hydrogen (secondary N) is 1. The Hall–Kier alpha value is -2.95. The van der Waals surface area contributed by atoms with Crippen molar-refractivity contribution in [2.75, 3.05) is 12.4 Å². The van der Waals surface area contributed by atoms with E-state index in [1.54, 1.807) is 7.11 Å². The highest BCUT2D eigenvalue weighted by atomic mass is 32.2. The van der Waals surface area contributed by atoms with Crippen LogP contribution in [-0.4, -0.2) is 28.2 Å². The van der Waals surface area contributed by atoms with E-state index in [2.05, 4.69) is 20.5 Å². The van der Waals surface area contributed by atoms with Crippen molar-refractivity contribution in [3.05, 3.63) is 58.8 Å². The highest BCUT2D eigenvalue weighted by molar-refractivity contribution is 8.00. The molecule has 0 bridgehead atoms. The van der Waals surface area contributed by atoms with Crippen molar-refractivity contribution < 1.29 is 13.9 Å². The molecule has 0 fully saturated rings. The summed E-state index contributed by atoms with van der Waals surface area (Å²) in [4.78, 5) is 17.7. The predicted octanol–water partition coefficient (Wildman–Crippen LogP) is 5.76. The molecule has 7 nitrogen and oxygen atoms in total. The third-order valence-electron chi connectivity index (χ3n) is 4.57. The first kappa shape index (κ1) is 20.0. The molecule has 5 rings (SSSR count). The number of hydrogen-bond donors (Lipinski definition) is 1. The Morgan fingerprint density at radius 1 is 1.16 bits per heavy atom. The van der Waals surface area contributed by atoms with Crippen molar-refractivity contribution in [3.8, 4) is 5.75 Å². The molecular weight excluding hydrogens is 452 g/mol. The number of amides is 1. The van der Waals surface area contributed by atoms with Gasteiger partial charge in [0.05, 0.1) is 11.8 Å². The molecule has 156 valence electrons. The van der Waals surface area contributed by atoms with E-state index in [1.807, 2.05) is 49.4 Å². The average Bonchev–Trinajstić information content (AvgIpc) is 3.47. The van der Waals surface area contributed by atoms with Crippen LogP contribution < -0.4 is 10.1 Å². The first-order chi connectivity index (χ1) is 15.1. The largest absolute Gasteiger partial charge is 0.494 e. The van der Waals surface area contributed by atoms with Crippen LogP contribution in [0.3, 0.4) is 0 Å². The monoisotopic (exact) mass is 468 g/mol. The molecule has 31 heavy (non-hydrogen) atoms. The van der Waals surface area contributed by atoms with E-state index in [1.165, 1.54) is 34.4 Å². The van der Waals surface area contributed by atoms with Crippen LogP contribution in [0.4, 0.5) is 5.13 Å². The van der Waals surface area contributed by atoms with Gasteiger partial charge in [0.2, 0.25) is 0 Å². The molecule has 3 aromatic heterocycles. The second-order valence-corrected chi connectivity index (χ2v) is 10.00. The molecule has 1 amide bonds. The van der Waals surface area contributed by atoms with E-state index in [4.69, 9.17) is 9.15 Å². The fourth-order valence-corrected chi connectivity index (χ4v) is 5.91. The summed E-state index contributed by atoms with van der Waals surface area (Å²) in [6.07, 6.45) is 0. The van der Waals surface area contributed by atoms with Crippen molar-refractivity contribution in [1.29, 1.82) is 0 Å². The number of furan rings is 1. The van der Waals surface area contributed by atoms with Crippen molar-refractivity contribution in [2.45, 2.75) is 17.0 Å². The van der Waals surface area contributed by atoms with Crippen LogP contribution in [0.15, 0.2) is 51.2 Å². The fourth-order valence-electron chi connectivity index (χ4n) is 3.19. The molecule has 10 heteroatoms. The quantitative estimate of drug-likeness (QED) is 0.317. The Morgan fingerprint density at radius 3 is 2.84 bits per heavy atom. The number of ether oxygens (including phenoxy) is 1. The molecule has 0 saturated heterocycles. The lowest BCUT2D eigenvalue weighted by Crippen LogP contribution is -2.12. The second-order valence-electron chi connectivity index (χ2n) is 6.56. The smallest absolute Gasteiger partial charge is 0.293 e. The number of fused-ring (bicyclic) bond motifs is 2. The number of carbonyl (C=O) groups excluding carboxylic acids is 1. The predicted molar refractivity (Wildman–Crippen MR) is 125 cm³/mol. The number of hydrogen-bond acceptors (Lipinski definition) is 9. The highest BCUT2D eigenvalue weighted by Gasteiger charge is 2.22. The van der Waals surface area contributed by atoms with E-state index in [-0.39, 0.29) is 11.7 Å². The fraction of sp³-hybridized carbons (Fsp3) is 0.143. The van der Waals surface area contributed by atoms with Crippen LogP contribution in [0.1, 0.15) is 21.1 Å². The van der Waals surface area contributed by atoms with E-state index in [0.29, 0.717) is 22.2 Å². The zero-order valence-electron chi connectivity index (χ0n) is 16.5. The van der Waals surface area contributed by atoms with Crippen LogP contribution >= 0.6 is 34.4 Å². The molecule has 0 aliphatic carbocycles. The van der Waals surface area contributed by atoms with Gasteiger partial charge in [0.15, 0.2) is 15.2 Å². The first-order valence-electron chi connectivity index (χ1n) is 9.30. The van der Waals surface area contributed by atoms with Crippen LogP contribution in [0.25, 0.3) is 21.2 Å². The Kier molecular flexibility index (Phi) is 5.34. The lowest BCUT2D eigenvalue weighted by Gasteiger charge is -2.02. The molecule has 0 radical (unpaired) electrons. The Labute approximate surface area is 189 Å². The molecule has 0 atom stereocenters. The number of para-hydroxylation sites is 2. The molecular formula is C21H16N4O3S3. The molecule has 5 aromatic rings. The summed E-state index contributed by atoms with van der Waals surface area (Å²) in [7, 11) is 1.60. The summed E-state index contributed by atoms with van der Waals surface area (Å²) in [5.41, 5.74) is 2.21. The first-order valence-corrected chi connectivity index (χ1v) is 11.9. The van der Waals surface area contributed by atoms with Crippen molar-refractivity contribution in [3.63, 3.8) is 0 Å². The van der Waals surface area contributed by atoms with Crippen molar-refractivity contribution in [2.24, 2.45) is 0 Å². The van der Waals surface area contributed by atoms with Crippen molar-refractivity contribution >= 4 is 66.7 Å². The molecule has 1 N–H and O–H groups in total. The van der Waals surface area contributed by atoms with Gasteiger partial charge in [-0.1, -0.05) is 58.7 Å². The van der Waals surface area contributed by atoms with E-state index >= 15 is 0 Å². The van der Waals surface area contributed by atoms with Gasteiger partial charge in [0.1, 0.15) is 21.9 Å². The lowest BCUT2D eigenvalue weighted by atomic mass is 10.1. The maximum atomic E-state index is 13.1. The molecule has 0 aliphatic rings. The summed E-state index contributed by atoms with van der Waals surface area (Å²) in [5, 5.41) is 13.4. The number of carbonyl (C=O) groups is 1. The lowest BCUT2D eigenvalue weighted by molar-refractivity contribution is 0.0998. The third-order valence-corrected chi connectivity index (χ3v) is 7.51. The zero-order chi connectivity index (χ0) is 21.4. The van der Waals surface area contributed by atoms with Crippen LogP contribution in [0.5, 0.6) is 5.75 Å². The number of methoxy groups -OCH3 is 1. The van der Waals surface area contributed by atoms with Gasteiger partial charge in [0, 0.05) is 16.7 Å². The normalized spacial score (nSPS) is 11.3. The molecule has 3 heterocycles. The second kappa shape index (κ2) is 8.29. The molecule has 0 aliphatic heterocycles. The van der Waals surface area contributed by atoms with Gasteiger partial charge in [-0.15, -0.1) is 10.2 Å². The topological polar surface area (TPSA) is 90.1 Å². The summed E-state index contributed by atoms with van der Waals surface area (Å²) in [6, 6.07) is 13.3. The number of benzene rings is 2. The number of thioether (sulfide) groups is 1. The summed E-state index contributed by atoms with van der Waals surface area (Å²) < 4.78 is 13.1. The number of aromatic nitrogens is 3. The zero-order valence-corrected chi connectivity index (χ0v) is 19.0. The summed E-state index contributed by atoms with van der Waals surface area (Å²) in [5.74, 6) is 1.16. The van der Waals surface area contributed by atoms with Crippen molar-refractivity contribution in [1.82, 2.24) is 15.2 Å². The minimum absolute atomic E-state index is 0.279. The third kappa shape index (κ3) is 3.89. The van der Waals surface area contributed by atoms with E-state index in [0.717, 1.165) is 30.5 Å². The Morgan fingerprint density at radius 2 is 2.03 bits per heavy atom. The molecule has 0 unspecified atom stereocenters. The van der Waals surface area contributed by atoms with Gasteiger partial charge >= 0.3 is 0 Å². The van der Waals surface area contributed by atoms with Gasteiger partial charge in [-0.3, -0.25) is 10.1 Å². The SMILES string of the molecule is COc1cccc2sc(NC(=O)c3oc4ccccc4c3CSc3nnc(C)s3)nc12. The van der Waals surface area contributed by atoms with E-state index < -0.39 is 0 Å². The minimum Gasteiger partial charge on any atom is -0.494 e. The number of anilines is 1. The molecule has 2 aromatic carbocycles. The molecule has 0 saturated carbocycles. The molecule has 0 spiro atoms. The maximum absolute atomic E-state index is 13.1. The van der Waals surface area contributed by atoms with Gasteiger partial charge in [-0.2, -0.15) is 0 Å². The maximum Gasteiger partial charge on any atom is 0.293 e. The number of thiazole rings is 1. The van der Waals surface area contributed by atoms with Crippen LogP contribution in [0, 0.1) is 6.92 Å². The van der Waals surface area contributed by atoms with Gasteiger partial charge in [-0.05, 0) is 25.1 Å². The Balaban J connectivity index is 1.46. The van der Waals surface area contributed by atoms with E-state index in [9.17, 15) is 4.79 Å². The summed E-state index contributed by atoms with van der Waals surface area (Å²) in [6.45, 7) is 1.92. The standard InChI is InChI=1S/C21H16N4O3S3/c1-11-24-25-21(30-11)29-10-13-12-6-3-4-7-14(12)28-18(13)19(26)23-20-22-17-15(27-2)8-5-9-16(17)31-20/h3-9H,10H2,1-2H3,(H,22,23,26). The Bertz CT molecular complexity index is 1410. The average molecular weight is 469 g/mol. The van der Waals surface area contributed by atoms with Gasteiger partial charge in [-0.25, -0.2) is 4.98 Å². The van der Waals surface area contributed by atoms with Gasteiger partial charge < -0.3 is 9.15 Å². The van der Waals surface area contributed by atoms with Crippen LogP contribution in [0.2, 0.25) is 0 Å². The van der Waals surface area contributed by atoms with Crippen LogP contribution in [-0.2, 0) is 5.75 Å². The van der Waals surface area contributed by atoms with Gasteiger partial charge in [0.25, 0.3) is 5.91 Å². The number of rotatable bonds is 6.